The van der Waals surface area contributed by atoms with E-state index in [1.54, 1.807) is 0 Å². The molecule has 158 valence electrons. The molecule has 28 heavy (non-hydrogen) atoms. The summed E-state index contributed by atoms with van der Waals surface area (Å²) in [5, 5.41) is 0. The lowest BCUT2D eigenvalue weighted by atomic mass is 10.1. The van der Waals surface area contributed by atoms with Gasteiger partial charge >= 0.3 is 0 Å². The molecule has 0 aromatic carbocycles. The van der Waals surface area contributed by atoms with E-state index in [0.29, 0.717) is 29.7 Å². The van der Waals surface area contributed by atoms with Gasteiger partial charge in [0.1, 0.15) is 0 Å². The minimum atomic E-state index is 0.573. The summed E-state index contributed by atoms with van der Waals surface area (Å²) in [7, 11) is 0. The van der Waals surface area contributed by atoms with Crippen LogP contribution in [0.4, 0.5) is 0 Å². The van der Waals surface area contributed by atoms with Gasteiger partial charge in [0.25, 0.3) is 0 Å². The van der Waals surface area contributed by atoms with Crippen LogP contribution in [0.15, 0.2) is 24.3 Å². The highest BCUT2D eigenvalue weighted by Crippen LogP contribution is 2.30. The van der Waals surface area contributed by atoms with Crippen LogP contribution in [0.3, 0.4) is 0 Å². The first kappa shape index (κ1) is 22.8. The van der Waals surface area contributed by atoms with E-state index in [1.165, 1.54) is 42.0 Å². The summed E-state index contributed by atoms with van der Waals surface area (Å²) < 4.78 is 5.22. The van der Waals surface area contributed by atoms with Crippen molar-refractivity contribution in [1.82, 2.24) is 9.13 Å². The molecular formula is C26H44N2. The molecule has 0 radical (unpaired) electrons. The van der Waals surface area contributed by atoms with Crippen molar-refractivity contribution in [3.8, 4) is 0 Å². The van der Waals surface area contributed by atoms with E-state index in [2.05, 4.69) is 95.7 Å². The van der Waals surface area contributed by atoms with Gasteiger partial charge in [-0.3, -0.25) is 0 Å². The maximum absolute atomic E-state index is 2.63. The van der Waals surface area contributed by atoms with Gasteiger partial charge in [-0.2, -0.15) is 0 Å². The Morgan fingerprint density at radius 3 is 1.36 bits per heavy atom. The Hall–Kier alpha value is -1.44. The van der Waals surface area contributed by atoms with Gasteiger partial charge in [0.05, 0.1) is 0 Å². The molecule has 2 aromatic rings. The second-order valence-electron chi connectivity index (χ2n) is 9.85. The topological polar surface area (TPSA) is 9.86 Å². The fourth-order valence-corrected chi connectivity index (χ4v) is 4.54. The standard InChI is InChI=1S/C26H44N2/c1-18(2)23-13-14-24(19(3)4)27(23)17-11-10-12-22(9)28-25(20(5)6)15-16-26(28)21(7)8/h13-16,18-22H,10-12,17H2,1-9H3/t22-/m1/s1. The third kappa shape index (κ3) is 5.13. The molecule has 0 amide bonds. The lowest BCUT2D eigenvalue weighted by Gasteiger charge is -2.24. The van der Waals surface area contributed by atoms with Crippen LogP contribution in [0, 0.1) is 0 Å². The fraction of sp³-hybridized carbons (Fsp3) is 0.692. The van der Waals surface area contributed by atoms with Gasteiger partial charge in [0, 0.05) is 35.4 Å². The molecule has 2 heteroatoms. The molecule has 0 aliphatic rings. The van der Waals surface area contributed by atoms with Crippen LogP contribution in [-0.4, -0.2) is 9.13 Å². The van der Waals surface area contributed by atoms with E-state index in [4.69, 9.17) is 0 Å². The van der Waals surface area contributed by atoms with Crippen LogP contribution in [0.25, 0.3) is 0 Å². The van der Waals surface area contributed by atoms with E-state index in [0.717, 1.165) is 6.54 Å². The highest BCUT2D eigenvalue weighted by atomic mass is 15.0. The lowest BCUT2D eigenvalue weighted by Crippen LogP contribution is -2.14. The van der Waals surface area contributed by atoms with Crippen molar-refractivity contribution in [2.75, 3.05) is 0 Å². The van der Waals surface area contributed by atoms with E-state index in [-0.39, 0.29) is 0 Å². The van der Waals surface area contributed by atoms with E-state index >= 15 is 0 Å². The maximum atomic E-state index is 2.63. The van der Waals surface area contributed by atoms with Crippen molar-refractivity contribution in [1.29, 1.82) is 0 Å². The Kier molecular flexibility index (Phi) is 8.04. The average Bonchev–Trinajstić information content (AvgIpc) is 3.22. The molecule has 0 saturated heterocycles. The highest BCUT2D eigenvalue weighted by molar-refractivity contribution is 5.23. The van der Waals surface area contributed by atoms with Gasteiger partial charge in [-0.25, -0.2) is 0 Å². The zero-order valence-electron chi connectivity index (χ0n) is 19.9. The van der Waals surface area contributed by atoms with Crippen LogP contribution in [0.5, 0.6) is 0 Å². The molecule has 0 unspecified atom stereocenters. The number of rotatable bonds is 10. The maximum Gasteiger partial charge on any atom is 0.0307 e. The van der Waals surface area contributed by atoms with E-state index in [9.17, 15) is 0 Å². The quantitative estimate of drug-likeness (QED) is 0.365. The van der Waals surface area contributed by atoms with Crippen molar-refractivity contribution >= 4 is 0 Å². The van der Waals surface area contributed by atoms with Crippen LogP contribution in [-0.2, 0) is 6.54 Å². The van der Waals surface area contributed by atoms with Crippen molar-refractivity contribution in [3.05, 3.63) is 47.0 Å². The zero-order valence-corrected chi connectivity index (χ0v) is 19.9. The SMILES string of the molecule is CC(C)c1ccc(C(C)C)n1CCCC[C@@H](C)n1c(C(C)C)ccc1C(C)C. The van der Waals surface area contributed by atoms with Crippen molar-refractivity contribution in [2.45, 2.75) is 118 Å². The summed E-state index contributed by atoms with van der Waals surface area (Å²) in [5.74, 6) is 2.34. The first-order valence-corrected chi connectivity index (χ1v) is 11.5. The molecule has 0 aliphatic heterocycles. The zero-order chi connectivity index (χ0) is 21.0. The summed E-state index contributed by atoms with van der Waals surface area (Å²) in [6.07, 6.45) is 3.79. The van der Waals surface area contributed by atoms with E-state index < -0.39 is 0 Å². The first-order chi connectivity index (χ1) is 13.1. The summed E-state index contributed by atoms with van der Waals surface area (Å²) >= 11 is 0. The summed E-state index contributed by atoms with van der Waals surface area (Å²) in [4.78, 5) is 0. The molecule has 0 fully saturated rings. The van der Waals surface area contributed by atoms with Crippen molar-refractivity contribution in [3.63, 3.8) is 0 Å². The Labute approximate surface area is 174 Å². The van der Waals surface area contributed by atoms with Gasteiger partial charge in [0.15, 0.2) is 0 Å². The molecule has 2 aromatic heterocycles. The molecule has 2 nitrogen and oxygen atoms in total. The number of unbranched alkanes of at least 4 members (excludes halogenated alkanes) is 1. The van der Waals surface area contributed by atoms with Gasteiger partial charge in [-0.15, -0.1) is 0 Å². The third-order valence-corrected chi connectivity index (χ3v) is 6.09. The summed E-state index contributed by atoms with van der Waals surface area (Å²) in [5.41, 5.74) is 5.97. The number of aromatic nitrogens is 2. The van der Waals surface area contributed by atoms with Gasteiger partial charge in [-0.1, -0.05) is 55.4 Å². The summed E-state index contributed by atoms with van der Waals surface area (Å²) in [6, 6.07) is 9.95. The third-order valence-electron chi connectivity index (χ3n) is 6.09. The largest absolute Gasteiger partial charge is 0.348 e. The molecule has 0 saturated carbocycles. The Morgan fingerprint density at radius 2 is 0.964 bits per heavy atom. The van der Waals surface area contributed by atoms with Crippen molar-refractivity contribution < 1.29 is 0 Å². The van der Waals surface area contributed by atoms with Crippen LogP contribution < -0.4 is 0 Å². The number of hydrogen-bond donors (Lipinski definition) is 0. The Balaban J connectivity index is 2.04. The number of nitrogens with zero attached hydrogens (tertiary/aromatic N) is 2. The van der Waals surface area contributed by atoms with E-state index in [1.807, 2.05) is 0 Å². The molecule has 0 aliphatic carbocycles. The lowest BCUT2D eigenvalue weighted by molar-refractivity contribution is 0.430. The van der Waals surface area contributed by atoms with Crippen LogP contribution in [0.2, 0.25) is 0 Å². The smallest absolute Gasteiger partial charge is 0.0307 e. The fourth-order valence-electron chi connectivity index (χ4n) is 4.54. The van der Waals surface area contributed by atoms with Crippen LogP contribution in [0.1, 0.15) is 134 Å². The predicted molar refractivity (Wildman–Crippen MR) is 124 cm³/mol. The highest BCUT2D eigenvalue weighted by Gasteiger charge is 2.18. The minimum absolute atomic E-state index is 0.573. The predicted octanol–water partition coefficient (Wildman–Crippen LogP) is 8.21. The average molecular weight is 385 g/mol. The van der Waals surface area contributed by atoms with Crippen LogP contribution >= 0.6 is 0 Å². The monoisotopic (exact) mass is 384 g/mol. The molecule has 0 N–H and O–H groups in total. The minimum Gasteiger partial charge on any atom is -0.348 e. The Bertz CT molecular complexity index is 677. The number of hydrogen-bond acceptors (Lipinski definition) is 0. The molecule has 1 atom stereocenters. The first-order valence-electron chi connectivity index (χ1n) is 11.5. The van der Waals surface area contributed by atoms with Gasteiger partial charge in [-0.05, 0) is 74.1 Å². The second-order valence-corrected chi connectivity index (χ2v) is 9.85. The van der Waals surface area contributed by atoms with Gasteiger partial charge < -0.3 is 9.13 Å². The molecule has 2 heterocycles. The Morgan fingerprint density at radius 1 is 0.571 bits per heavy atom. The molecule has 2 rings (SSSR count). The normalized spacial score (nSPS) is 13.5. The van der Waals surface area contributed by atoms with Gasteiger partial charge in [0.2, 0.25) is 0 Å². The molecule has 0 bridgehead atoms. The summed E-state index contributed by atoms with van der Waals surface area (Å²) in [6.45, 7) is 22.1. The van der Waals surface area contributed by atoms with Crippen molar-refractivity contribution in [2.24, 2.45) is 0 Å². The molecule has 0 spiro atoms. The molecular weight excluding hydrogens is 340 g/mol. The second kappa shape index (κ2) is 9.85.